The minimum atomic E-state index is -0.891. The fourth-order valence-corrected chi connectivity index (χ4v) is 2.13. The molecule has 0 aromatic heterocycles. The molecule has 1 aliphatic rings. The van der Waals surface area contributed by atoms with Crippen molar-refractivity contribution in [1.29, 1.82) is 0 Å². The van der Waals surface area contributed by atoms with Gasteiger partial charge in [0.2, 0.25) is 5.91 Å². The summed E-state index contributed by atoms with van der Waals surface area (Å²) in [6, 6.07) is 0.0195. The van der Waals surface area contributed by atoms with Crippen LogP contribution in [0.2, 0.25) is 0 Å². The van der Waals surface area contributed by atoms with E-state index in [1.165, 1.54) is 7.11 Å². The van der Waals surface area contributed by atoms with E-state index >= 15 is 0 Å². The van der Waals surface area contributed by atoms with Crippen LogP contribution >= 0.6 is 0 Å². The lowest BCUT2D eigenvalue weighted by Crippen LogP contribution is -2.54. The largest absolute Gasteiger partial charge is 0.369 e. The van der Waals surface area contributed by atoms with Crippen molar-refractivity contribution in [2.75, 3.05) is 26.7 Å². The molecule has 2 atom stereocenters. The average molecular weight is 257 g/mol. The highest BCUT2D eigenvalue weighted by Crippen LogP contribution is 2.21. The second-order valence-corrected chi connectivity index (χ2v) is 4.83. The molecule has 0 radical (unpaired) electrons. The summed E-state index contributed by atoms with van der Waals surface area (Å²) in [7, 11) is 1.51. The summed E-state index contributed by atoms with van der Waals surface area (Å²) in [5.74, 6) is -0.662. The van der Waals surface area contributed by atoms with Gasteiger partial charge in [-0.1, -0.05) is 6.92 Å². The third-order valence-electron chi connectivity index (χ3n) is 3.64. The maximum atomic E-state index is 12.5. The molecule has 1 heterocycles. The van der Waals surface area contributed by atoms with Crippen LogP contribution < -0.4 is 11.1 Å². The third kappa shape index (κ3) is 3.20. The SMILES string of the molecule is CCC(C)(OC)C(=O)N(CC(N)=O)C1CCNC1. The van der Waals surface area contributed by atoms with Gasteiger partial charge in [0.15, 0.2) is 0 Å². The first kappa shape index (κ1) is 14.9. The molecule has 0 spiro atoms. The fraction of sp³-hybridized carbons (Fsp3) is 0.833. The van der Waals surface area contributed by atoms with Crippen LogP contribution in [0, 0.1) is 0 Å². The first-order valence-corrected chi connectivity index (χ1v) is 6.30. The fourth-order valence-electron chi connectivity index (χ4n) is 2.13. The molecule has 0 aliphatic carbocycles. The molecule has 0 bridgehead atoms. The molecular formula is C12H23N3O3. The number of methoxy groups -OCH3 is 1. The number of primary amides is 1. The number of hydrogen-bond donors (Lipinski definition) is 2. The monoisotopic (exact) mass is 257 g/mol. The number of nitrogens with zero attached hydrogens (tertiary/aromatic N) is 1. The highest BCUT2D eigenvalue weighted by atomic mass is 16.5. The van der Waals surface area contributed by atoms with Crippen molar-refractivity contribution >= 4 is 11.8 Å². The number of carbonyl (C=O) groups is 2. The summed E-state index contributed by atoms with van der Waals surface area (Å²) < 4.78 is 5.31. The molecule has 3 N–H and O–H groups in total. The normalized spacial score (nSPS) is 22.5. The highest BCUT2D eigenvalue weighted by molar-refractivity contribution is 5.89. The Balaban J connectivity index is 2.87. The molecule has 0 aromatic rings. The lowest BCUT2D eigenvalue weighted by molar-refractivity contribution is -0.157. The van der Waals surface area contributed by atoms with Crippen LogP contribution in [0.4, 0.5) is 0 Å². The molecule has 0 aromatic carbocycles. The molecule has 1 saturated heterocycles. The summed E-state index contributed by atoms with van der Waals surface area (Å²) in [5.41, 5.74) is 4.34. The Morgan fingerprint density at radius 1 is 1.56 bits per heavy atom. The molecule has 1 fully saturated rings. The smallest absolute Gasteiger partial charge is 0.255 e. The van der Waals surface area contributed by atoms with Crippen LogP contribution in [0.15, 0.2) is 0 Å². The van der Waals surface area contributed by atoms with E-state index in [4.69, 9.17) is 10.5 Å². The Hall–Kier alpha value is -1.14. The molecule has 0 saturated carbocycles. The van der Waals surface area contributed by atoms with Crippen LogP contribution in [0.3, 0.4) is 0 Å². The molecule has 1 aliphatic heterocycles. The summed E-state index contributed by atoms with van der Waals surface area (Å²) in [6.07, 6.45) is 1.39. The first-order chi connectivity index (χ1) is 8.44. The molecule has 1 rings (SSSR count). The standard InChI is InChI=1S/C12H23N3O3/c1-4-12(2,18-3)11(17)15(8-10(13)16)9-5-6-14-7-9/h9,14H,4-8H2,1-3H3,(H2,13,16). The Labute approximate surface area is 108 Å². The van der Waals surface area contributed by atoms with Gasteiger partial charge in [0, 0.05) is 19.7 Å². The van der Waals surface area contributed by atoms with Crippen molar-refractivity contribution in [3.8, 4) is 0 Å². The van der Waals surface area contributed by atoms with Crippen molar-refractivity contribution in [2.45, 2.75) is 38.3 Å². The second-order valence-electron chi connectivity index (χ2n) is 4.83. The summed E-state index contributed by atoms with van der Waals surface area (Å²) >= 11 is 0. The van der Waals surface area contributed by atoms with Crippen LogP contribution in [-0.4, -0.2) is 55.1 Å². The van der Waals surface area contributed by atoms with E-state index in [0.717, 1.165) is 13.0 Å². The summed E-state index contributed by atoms with van der Waals surface area (Å²) in [6.45, 7) is 5.12. The van der Waals surface area contributed by atoms with E-state index in [1.54, 1.807) is 11.8 Å². The van der Waals surface area contributed by atoms with Crippen molar-refractivity contribution in [3.63, 3.8) is 0 Å². The van der Waals surface area contributed by atoms with Gasteiger partial charge in [-0.2, -0.15) is 0 Å². The summed E-state index contributed by atoms with van der Waals surface area (Å²) in [4.78, 5) is 25.2. The minimum absolute atomic E-state index is 0.0195. The predicted molar refractivity (Wildman–Crippen MR) is 67.9 cm³/mol. The zero-order valence-electron chi connectivity index (χ0n) is 11.4. The van der Waals surface area contributed by atoms with Crippen LogP contribution in [-0.2, 0) is 14.3 Å². The Morgan fingerprint density at radius 2 is 2.22 bits per heavy atom. The molecule has 2 unspecified atom stereocenters. The van der Waals surface area contributed by atoms with Crippen LogP contribution in [0.25, 0.3) is 0 Å². The minimum Gasteiger partial charge on any atom is -0.369 e. The molecule has 2 amide bonds. The van der Waals surface area contributed by atoms with Gasteiger partial charge in [-0.3, -0.25) is 9.59 Å². The second kappa shape index (κ2) is 6.15. The quantitative estimate of drug-likeness (QED) is 0.670. The average Bonchev–Trinajstić information content (AvgIpc) is 2.87. The van der Waals surface area contributed by atoms with E-state index in [1.807, 2.05) is 6.92 Å². The number of nitrogens with two attached hydrogens (primary N) is 1. The van der Waals surface area contributed by atoms with E-state index in [2.05, 4.69) is 5.32 Å². The van der Waals surface area contributed by atoms with E-state index in [0.29, 0.717) is 13.0 Å². The Kier molecular flexibility index (Phi) is 5.10. The zero-order chi connectivity index (χ0) is 13.8. The Bertz CT molecular complexity index is 310. The first-order valence-electron chi connectivity index (χ1n) is 6.30. The van der Waals surface area contributed by atoms with E-state index in [9.17, 15) is 9.59 Å². The number of rotatable bonds is 6. The number of nitrogens with one attached hydrogen (secondary N) is 1. The predicted octanol–water partition coefficient (Wildman–Crippen LogP) is -0.523. The molecule has 6 nitrogen and oxygen atoms in total. The van der Waals surface area contributed by atoms with Gasteiger partial charge >= 0.3 is 0 Å². The van der Waals surface area contributed by atoms with Crippen LogP contribution in [0.5, 0.6) is 0 Å². The van der Waals surface area contributed by atoms with E-state index in [-0.39, 0.29) is 18.5 Å². The van der Waals surface area contributed by atoms with Gasteiger partial charge in [-0.15, -0.1) is 0 Å². The third-order valence-corrected chi connectivity index (χ3v) is 3.64. The zero-order valence-corrected chi connectivity index (χ0v) is 11.4. The Morgan fingerprint density at radius 3 is 2.61 bits per heavy atom. The lowest BCUT2D eigenvalue weighted by atomic mass is 10.00. The molecule has 104 valence electrons. The molecular weight excluding hydrogens is 234 g/mol. The lowest BCUT2D eigenvalue weighted by Gasteiger charge is -2.35. The summed E-state index contributed by atoms with van der Waals surface area (Å²) in [5, 5.41) is 3.18. The van der Waals surface area contributed by atoms with Crippen molar-refractivity contribution in [2.24, 2.45) is 5.73 Å². The van der Waals surface area contributed by atoms with Gasteiger partial charge in [0.1, 0.15) is 5.60 Å². The van der Waals surface area contributed by atoms with E-state index < -0.39 is 11.5 Å². The maximum Gasteiger partial charge on any atom is 0.255 e. The van der Waals surface area contributed by atoms with Gasteiger partial charge in [-0.25, -0.2) is 0 Å². The van der Waals surface area contributed by atoms with Crippen molar-refractivity contribution < 1.29 is 14.3 Å². The number of amides is 2. The molecule has 18 heavy (non-hydrogen) atoms. The van der Waals surface area contributed by atoms with Gasteiger partial charge in [-0.05, 0) is 26.3 Å². The highest BCUT2D eigenvalue weighted by Gasteiger charge is 2.39. The van der Waals surface area contributed by atoms with Crippen molar-refractivity contribution in [3.05, 3.63) is 0 Å². The maximum absolute atomic E-state index is 12.5. The molecule has 6 heteroatoms. The van der Waals surface area contributed by atoms with Crippen LogP contribution in [0.1, 0.15) is 26.7 Å². The van der Waals surface area contributed by atoms with Gasteiger partial charge in [0.25, 0.3) is 5.91 Å². The van der Waals surface area contributed by atoms with Gasteiger partial charge in [0.05, 0.1) is 6.54 Å². The van der Waals surface area contributed by atoms with Gasteiger partial charge < -0.3 is 20.7 Å². The number of ether oxygens (including phenoxy) is 1. The van der Waals surface area contributed by atoms with Crippen molar-refractivity contribution in [1.82, 2.24) is 10.2 Å². The number of carbonyl (C=O) groups excluding carboxylic acids is 2. The number of hydrogen-bond acceptors (Lipinski definition) is 4. The topological polar surface area (TPSA) is 84.7 Å².